The molecule has 0 radical (unpaired) electrons. The van der Waals surface area contributed by atoms with Crippen LogP contribution < -0.4 is 14.9 Å². The van der Waals surface area contributed by atoms with Crippen LogP contribution in [-0.4, -0.2) is 112 Å². The number of carbonyl (C=O) groups is 3. The maximum absolute atomic E-state index is 14.8. The number of carboxylic acids is 1. The molecule has 0 bridgehead atoms. The second-order valence-electron chi connectivity index (χ2n) is 18.1. The molecule has 0 saturated heterocycles. The number of halogens is 11. The summed E-state index contributed by atoms with van der Waals surface area (Å²) in [5.41, 5.74) is -4.97. The number of aliphatic hydroxyl groups is 1. The number of pyridine rings is 1. The largest absolute Gasteiger partial charge is 0.480 e. The molecule has 0 aliphatic heterocycles. The van der Waals surface area contributed by atoms with Gasteiger partial charge in [0.25, 0.3) is 0 Å². The van der Waals surface area contributed by atoms with Gasteiger partial charge in [-0.2, -0.15) is 40.8 Å². The molecule has 1 unspecified atom stereocenters. The number of benzene rings is 2. The molecule has 1 fully saturated rings. The van der Waals surface area contributed by atoms with Crippen molar-refractivity contribution >= 4 is 66.1 Å². The van der Waals surface area contributed by atoms with Crippen LogP contribution in [0.25, 0.3) is 22.0 Å². The lowest BCUT2D eigenvalue weighted by Gasteiger charge is -2.25. The quantitative estimate of drug-likeness (QED) is 0.0570. The molecule has 17 nitrogen and oxygen atoms in total. The fraction of sp³-hybridized carbons (Fsp3) is 0.455. The average Bonchev–Trinajstić information content (AvgIpc) is 3.83. The number of hydrogen-bond acceptors (Lipinski definition) is 11. The van der Waals surface area contributed by atoms with Gasteiger partial charge in [-0.15, -0.1) is 0 Å². The molecule has 2 aromatic carbocycles. The van der Waals surface area contributed by atoms with Crippen LogP contribution in [0, 0.1) is 17.6 Å². The third-order valence-corrected chi connectivity index (χ3v) is 15.7. The van der Waals surface area contributed by atoms with Gasteiger partial charge in [0, 0.05) is 34.7 Å². The van der Waals surface area contributed by atoms with E-state index in [0.717, 1.165) is 30.5 Å². The van der Waals surface area contributed by atoms with Crippen molar-refractivity contribution in [2.75, 3.05) is 30.1 Å². The summed E-state index contributed by atoms with van der Waals surface area (Å²) in [7, 11) is -8.77. The van der Waals surface area contributed by atoms with Crippen molar-refractivity contribution in [1.82, 2.24) is 35.2 Å². The van der Waals surface area contributed by atoms with Crippen LogP contribution in [0.2, 0.25) is 5.02 Å². The lowest BCUT2D eigenvalue weighted by molar-refractivity contribution is -0.143. The molecule has 404 valence electrons. The zero-order chi connectivity index (χ0) is 55.2. The van der Waals surface area contributed by atoms with E-state index in [1.54, 1.807) is 5.32 Å². The van der Waals surface area contributed by atoms with Gasteiger partial charge in [0.1, 0.15) is 31.4 Å². The number of aliphatic hydroxyl groups excluding tert-OH is 1. The minimum Gasteiger partial charge on any atom is -0.480 e. The van der Waals surface area contributed by atoms with E-state index in [1.807, 2.05) is 0 Å². The Balaban J connectivity index is 1.63. The van der Waals surface area contributed by atoms with E-state index in [-0.39, 0.29) is 45.1 Å². The van der Waals surface area contributed by atoms with Gasteiger partial charge in [-0.05, 0) is 81.2 Å². The first kappa shape index (κ1) is 57.2. The number of aromatic nitrogens is 5. The van der Waals surface area contributed by atoms with Crippen molar-refractivity contribution in [3.05, 3.63) is 93.0 Å². The van der Waals surface area contributed by atoms with Gasteiger partial charge < -0.3 is 20.8 Å². The topological polar surface area (TPSA) is 236 Å². The summed E-state index contributed by atoms with van der Waals surface area (Å²) in [5.74, 6) is -8.53. The van der Waals surface area contributed by atoms with Gasteiger partial charge in [-0.3, -0.25) is 23.5 Å². The Kier molecular flexibility index (Phi) is 16.5. The number of hydrogen-bond donors (Lipinski definition) is 4. The monoisotopic (exact) mass is 1120 g/mol. The second kappa shape index (κ2) is 21.3. The van der Waals surface area contributed by atoms with Crippen molar-refractivity contribution < 1.29 is 85.3 Å². The van der Waals surface area contributed by atoms with Gasteiger partial charge in [-0.1, -0.05) is 23.7 Å². The highest BCUT2D eigenvalue weighted by Gasteiger charge is 2.49. The number of nitrogens with one attached hydrogen (secondary N) is 2. The van der Waals surface area contributed by atoms with Crippen LogP contribution in [0.15, 0.2) is 42.5 Å². The lowest BCUT2D eigenvalue weighted by Crippen LogP contribution is -2.51. The van der Waals surface area contributed by atoms with E-state index >= 15 is 0 Å². The first-order valence-corrected chi connectivity index (χ1v) is 25.9. The summed E-state index contributed by atoms with van der Waals surface area (Å²) in [4.78, 5) is 44.2. The molecule has 3 heterocycles. The fourth-order valence-electron chi connectivity index (χ4n) is 8.18. The summed E-state index contributed by atoms with van der Waals surface area (Å²) in [6.45, 7) is -4.38. The standard InChI is InChI=1S/C44H45ClF10N8O9S2/c1-42(2,73(3,69)70)10-9-25-5-6-26(27-7-8-29(45)35-37(27)62(20-43(50,51)52)60-39(35)63(74(4,71)72)41(68)58-31(19-64)40(66)67)36(56-25)30(13-21-11-23(48)15-24(49)12-21)57-33(65)18-61-32(17-47)34(28-14-22(28)16-46)38(59-61)44(53,54)55/h5-8,11-12,15,22,28,30-31,64H,9-10,13-14,16-20H2,1-4H3,(H,57,65)(H,58,68)(H,66,67)/t22?,28-,30-,31-/m0/s1. The van der Waals surface area contributed by atoms with E-state index in [1.165, 1.54) is 26.0 Å². The van der Waals surface area contributed by atoms with E-state index < -0.39 is 180 Å². The molecule has 74 heavy (non-hydrogen) atoms. The summed E-state index contributed by atoms with van der Waals surface area (Å²) in [5, 5.41) is 29.3. The number of fused-ring (bicyclic) bond motifs is 1. The minimum atomic E-state index is -5.20. The predicted molar refractivity (Wildman–Crippen MR) is 245 cm³/mol. The number of urea groups is 1. The van der Waals surface area contributed by atoms with Crippen LogP contribution in [0.1, 0.15) is 72.6 Å². The second-order valence-corrected chi connectivity index (χ2v) is 23.0. The molecule has 4 N–H and O–H groups in total. The smallest absolute Gasteiger partial charge is 0.435 e. The summed E-state index contributed by atoms with van der Waals surface area (Å²) in [6.07, 6.45) is -10.1. The van der Waals surface area contributed by atoms with E-state index in [4.69, 9.17) is 11.6 Å². The number of alkyl halides is 8. The highest BCUT2D eigenvalue weighted by atomic mass is 35.5. The first-order chi connectivity index (χ1) is 34.2. The van der Waals surface area contributed by atoms with Crippen LogP contribution in [-0.2, 0) is 68.2 Å². The predicted octanol–water partition coefficient (Wildman–Crippen LogP) is 7.13. The van der Waals surface area contributed by atoms with Crippen LogP contribution in [0.4, 0.5) is 54.5 Å². The Morgan fingerprint density at radius 3 is 2.08 bits per heavy atom. The first-order valence-electron chi connectivity index (χ1n) is 21.8. The van der Waals surface area contributed by atoms with Gasteiger partial charge in [0.2, 0.25) is 15.9 Å². The molecule has 30 heteroatoms. The maximum Gasteiger partial charge on any atom is 0.435 e. The van der Waals surface area contributed by atoms with Crippen molar-refractivity contribution in [3.63, 3.8) is 0 Å². The van der Waals surface area contributed by atoms with Gasteiger partial charge >= 0.3 is 24.4 Å². The van der Waals surface area contributed by atoms with Crippen LogP contribution >= 0.6 is 11.6 Å². The number of amides is 3. The maximum atomic E-state index is 14.8. The minimum absolute atomic E-state index is 0.0229. The molecule has 1 aliphatic rings. The third kappa shape index (κ3) is 12.7. The Morgan fingerprint density at radius 1 is 0.919 bits per heavy atom. The number of sulfonamides is 1. The van der Waals surface area contributed by atoms with Gasteiger partial charge in [0.15, 0.2) is 27.4 Å². The molecule has 5 aromatic rings. The Bertz CT molecular complexity index is 3200. The fourth-order valence-corrected chi connectivity index (χ4v) is 9.68. The number of carboxylic acid groups (broad SMARTS) is 1. The molecular formula is C44H45ClF10N8O9S2. The molecule has 4 atom stereocenters. The van der Waals surface area contributed by atoms with Crippen molar-refractivity contribution in [1.29, 1.82) is 0 Å². The number of aliphatic carboxylic acids is 1. The zero-order valence-corrected chi connectivity index (χ0v) is 41.5. The number of carbonyl (C=O) groups excluding carboxylic acids is 2. The number of sulfone groups is 1. The van der Waals surface area contributed by atoms with Gasteiger partial charge in [-0.25, -0.2) is 39.6 Å². The molecule has 3 aromatic heterocycles. The third-order valence-electron chi connectivity index (χ3n) is 12.2. The highest BCUT2D eigenvalue weighted by molar-refractivity contribution is 7.93. The van der Waals surface area contributed by atoms with E-state index in [2.05, 4.69) is 20.5 Å². The van der Waals surface area contributed by atoms with Crippen molar-refractivity contribution in [2.45, 2.75) is 94.4 Å². The molecular weight excluding hydrogens is 1070 g/mol. The summed E-state index contributed by atoms with van der Waals surface area (Å²) >= 11 is 6.59. The van der Waals surface area contributed by atoms with Crippen LogP contribution in [0.5, 0.6) is 0 Å². The number of nitrogens with zero attached hydrogens (tertiary/aromatic N) is 6. The molecule has 6 rings (SSSR count). The number of anilines is 1. The summed E-state index contributed by atoms with van der Waals surface area (Å²) < 4.78 is 196. The normalized spacial score (nSPS) is 16.3. The Hall–Kier alpha value is -6.07. The van der Waals surface area contributed by atoms with Crippen LogP contribution in [0.3, 0.4) is 0 Å². The SMILES string of the molecule is CC(C)(CCc1ccc(-c2ccc(Cl)c3c(N(C(=O)N[C@@H](CO)C(=O)O)S(C)(=O)=O)nn(CC(F)(F)F)c23)c([C@H](Cc2cc(F)cc(F)c2)NC(=O)Cn2nc(C(F)(F)F)c([C@H]3CC3CF)c2CF)n1)S(C)(=O)=O. The number of rotatable bonds is 20. The highest BCUT2D eigenvalue weighted by Crippen LogP contribution is 2.52. The molecule has 0 spiro atoms. The molecule has 3 amide bonds. The molecule has 1 aliphatic carbocycles. The molecule has 1 saturated carbocycles. The van der Waals surface area contributed by atoms with E-state index in [0.29, 0.717) is 17.0 Å². The van der Waals surface area contributed by atoms with Crippen molar-refractivity contribution in [2.24, 2.45) is 5.92 Å². The Morgan fingerprint density at radius 2 is 1.55 bits per heavy atom. The zero-order valence-electron chi connectivity index (χ0n) is 39.1. The summed E-state index contributed by atoms with van der Waals surface area (Å²) in [6, 6.07) is 0.949. The van der Waals surface area contributed by atoms with E-state index in [9.17, 15) is 85.3 Å². The Labute approximate surface area is 419 Å². The average molecular weight is 1120 g/mol. The van der Waals surface area contributed by atoms with Crippen molar-refractivity contribution in [3.8, 4) is 11.1 Å². The number of aryl methyl sites for hydroxylation is 1. The van der Waals surface area contributed by atoms with Gasteiger partial charge in [0.05, 0.1) is 57.6 Å². The lowest BCUT2D eigenvalue weighted by atomic mass is 9.93.